The number of hydrogen-bond donors (Lipinski definition) is 1. The van der Waals surface area contributed by atoms with E-state index in [9.17, 15) is 4.79 Å². The van der Waals surface area contributed by atoms with Gasteiger partial charge in [0.2, 0.25) is 5.91 Å². The SMILES string of the molecule is CCC(CC)C(=O)Nc1ccn(Cc2ccccc2Cl)n1. The van der Waals surface area contributed by atoms with Crippen LogP contribution in [0.5, 0.6) is 0 Å². The highest BCUT2D eigenvalue weighted by Gasteiger charge is 2.15. The maximum atomic E-state index is 12.0. The normalized spacial score (nSPS) is 10.9. The van der Waals surface area contributed by atoms with Crippen LogP contribution in [0.15, 0.2) is 36.5 Å². The van der Waals surface area contributed by atoms with Crippen LogP contribution in [0.3, 0.4) is 0 Å². The highest BCUT2D eigenvalue weighted by atomic mass is 35.5. The molecule has 5 heteroatoms. The van der Waals surface area contributed by atoms with Crippen LogP contribution in [-0.2, 0) is 11.3 Å². The average Bonchev–Trinajstić information content (AvgIpc) is 2.90. The first-order valence-electron chi connectivity index (χ1n) is 7.21. The summed E-state index contributed by atoms with van der Waals surface area (Å²) in [5.74, 6) is 0.653. The lowest BCUT2D eigenvalue weighted by Crippen LogP contribution is -2.22. The Bertz CT molecular complexity index is 605. The largest absolute Gasteiger partial charge is 0.309 e. The topological polar surface area (TPSA) is 46.9 Å². The van der Waals surface area contributed by atoms with Crippen molar-refractivity contribution < 1.29 is 4.79 Å². The number of carbonyl (C=O) groups excluding carboxylic acids is 1. The number of rotatable bonds is 6. The van der Waals surface area contributed by atoms with Crippen LogP contribution in [0.1, 0.15) is 32.3 Å². The Kier molecular flexibility index (Phi) is 5.39. The molecule has 0 spiro atoms. The van der Waals surface area contributed by atoms with Gasteiger partial charge in [-0.25, -0.2) is 0 Å². The molecule has 112 valence electrons. The summed E-state index contributed by atoms with van der Waals surface area (Å²) in [6.45, 7) is 4.62. The molecule has 0 radical (unpaired) electrons. The van der Waals surface area contributed by atoms with E-state index in [0.717, 1.165) is 23.4 Å². The Morgan fingerprint density at radius 1 is 1.29 bits per heavy atom. The lowest BCUT2D eigenvalue weighted by Gasteiger charge is -2.10. The molecule has 21 heavy (non-hydrogen) atoms. The lowest BCUT2D eigenvalue weighted by atomic mass is 10.0. The van der Waals surface area contributed by atoms with Gasteiger partial charge in [0.25, 0.3) is 0 Å². The predicted octanol–water partition coefficient (Wildman–Crippen LogP) is 3.96. The zero-order valence-corrected chi connectivity index (χ0v) is 13.1. The summed E-state index contributed by atoms with van der Waals surface area (Å²) < 4.78 is 1.77. The summed E-state index contributed by atoms with van der Waals surface area (Å²) in [6, 6.07) is 9.47. The molecule has 0 saturated heterocycles. The van der Waals surface area contributed by atoms with E-state index in [4.69, 9.17) is 11.6 Å². The van der Waals surface area contributed by atoms with Gasteiger partial charge in [0.1, 0.15) is 0 Å². The quantitative estimate of drug-likeness (QED) is 0.878. The molecule has 0 unspecified atom stereocenters. The lowest BCUT2D eigenvalue weighted by molar-refractivity contribution is -0.120. The van der Waals surface area contributed by atoms with Crippen molar-refractivity contribution in [2.75, 3.05) is 5.32 Å². The molecule has 0 atom stereocenters. The van der Waals surface area contributed by atoms with Crippen LogP contribution >= 0.6 is 11.6 Å². The summed E-state index contributed by atoms with van der Waals surface area (Å²) in [7, 11) is 0. The summed E-state index contributed by atoms with van der Waals surface area (Å²) in [6.07, 6.45) is 3.51. The number of carbonyl (C=O) groups is 1. The molecule has 0 saturated carbocycles. The summed E-state index contributed by atoms with van der Waals surface area (Å²) >= 11 is 6.13. The van der Waals surface area contributed by atoms with E-state index in [0.29, 0.717) is 12.4 Å². The van der Waals surface area contributed by atoms with Gasteiger partial charge in [-0.3, -0.25) is 9.48 Å². The maximum absolute atomic E-state index is 12.0. The van der Waals surface area contributed by atoms with Crippen molar-refractivity contribution in [3.63, 3.8) is 0 Å². The van der Waals surface area contributed by atoms with Gasteiger partial charge in [-0.15, -0.1) is 0 Å². The van der Waals surface area contributed by atoms with Gasteiger partial charge in [-0.2, -0.15) is 5.10 Å². The maximum Gasteiger partial charge on any atom is 0.228 e. The van der Waals surface area contributed by atoms with Gasteiger partial charge in [0, 0.05) is 23.2 Å². The zero-order valence-electron chi connectivity index (χ0n) is 12.3. The number of nitrogens with zero attached hydrogens (tertiary/aromatic N) is 2. The molecule has 1 heterocycles. The van der Waals surface area contributed by atoms with Crippen LogP contribution in [0, 0.1) is 5.92 Å². The minimum absolute atomic E-state index is 0.0305. The summed E-state index contributed by atoms with van der Waals surface area (Å²) in [5, 5.41) is 7.94. The number of hydrogen-bond acceptors (Lipinski definition) is 2. The third kappa shape index (κ3) is 4.08. The monoisotopic (exact) mass is 305 g/mol. The fourth-order valence-corrected chi connectivity index (χ4v) is 2.40. The van der Waals surface area contributed by atoms with Crippen molar-refractivity contribution in [3.8, 4) is 0 Å². The van der Waals surface area contributed by atoms with Gasteiger partial charge in [0.05, 0.1) is 6.54 Å². The molecule has 2 rings (SSSR count). The first-order valence-corrected chi connectivity index (χ1v) is 7.59. The molecule has 4 nitrogen and oxygen atoms in total. The number of halogens is 1. The van der Waals surface area contributed by atoms with Crippen LogP contribution in [0.4, 0.5) is 5.82 Å². The van der Waals surface area contributed by atoms with E-state index in [1.165, 1.54) is 0 Å². The standard InChI is InChI=1S/C16H20ClN3O/c1-3-12(4-2)16(21)18-15-9-10-20(19-15)11-13-7-5-6-8-14(13)17/h5-10,12H,3-4,11H2,1-2H3,(H,18,19,21). The fraction of sp³-hybridized carbons (Fsp3) is 0.375. The zero-order chi connectivity index (χ0) is 15.2. The summed E-state index contributed by atoms with van der Waals surface area (Å²) in [5.41, 5.74) is 1.00. The van der Waals surface area contributed by atoms with E-state index in [2.05, 4.69) is 10.4 Å². The van der Waals surface area contributed by atoms with Gasteiger partial charge >= 0.3 is 0 Å². The van der Waals surface area contributed by atoms with E-state index >= 15 is 0 Å². The Morgan fingerprint density at radius 2 is 2.00 bits per heavy atom. The molecular formula is C16H20ClN3O. The molecular weight excluding hydrogens is 286 g/mol. The van der Waals surface area contributed by atoms with Gasteiger partial charge in [-0.1, -0.05) is 43.6 Å². The van der Waals surface area contributed by atoms with Crippen LogP contribution in [0.2, 0.25) is 5.02 Å². The second-order valence-electron chi connectivity index (χ2n) is 4.99. The summed E-state index contributed by atoms with van der Waals surface area (Å²) in [4.78, 5) is 12.0. The molecule has 0 fully saturated rings. The van der Waals surface area contributed by atoms with Crippen molar-refractivity contribution in [3.05, 3.63) is 47.1 Å². The van der Waals surface area contributed by atoms with Crippen molar-refractivity contribution in [2.24, 2.45) is 5.92 Å². The number of amides is 1. The number of anilines is 1. The first-order chi connectivity index (χ1) is 10.1. The van der Waals surface area contributed by atoms with Crippen LogP contribution < -0.4 is 5.32 Å². The minimum Gasteiger partial charge on any atom is -0.309 e. The van der Waals surface area contributed by atoms with Gasteiger partial charge in [-0.05, 0) is 24.5 Å². The number of aromatic nitrogens is 2. The second-order valence-corrected chi connectivity index (χ2v) is 5.40. The Hall–Kier alpha value is -1.81. The van der Waals surface area contributed by atoms with E-state index < -0.39 is 0 Å². The number of benzene rings is 1. The highest BCUT2D eigenvalue weighted by molar-refractivity contribution is 6.31. The third-order valence-corrected chi connectivity index (χ3v) is 3.91. The molecule has 0 bridgehead atoms. The van der Waals surface area contributed by atoms with Gasteiger partial charge in [0.15, 0.2) is 5.82 Å². The Balaban J connectivity index is 2.02. The van der Waals surface area contributed by atoms with E-state index in [1.54, 1.807) is 10.7 Å². The molecule has 1 amide bonds. The van der Waals surface area contributed by atoms with Crippen LogP contribution in [-0.4, -0.2) is 15.7 Å². The number of nitrogens with one attached hydrogen (secondary N) is 1. The van der Waals surface area contributed by atoms with Crippen LogP contribution in [0.25, 0.3) is 0 Å². The van der Waals surface area contributed by atoms with E-state index in [-0.39, 0.29) is 11.8 Å². The molecule has 2 aromatic rings. The molecule has 0 aliphatic heterocycles. The molecule has 0 aliphatic carbocycles. The molecule has 1 aromatic heterocycles. The third-order valence-electron chi connectivity index (χ3n) is 3.54. The Labute approximate surface area is 130 Å². The van der Waals surface area contributed by atoms with Crippen molar-refractivity contribution in [1.82, 2.24) is 9.78 Å². The van der Waals surface area contributed by atoms with Crippen molar-refractivity contribution in [2.45, 2.75) is 33.2 Å². The smallest absolute Gasteiger partial charge is 0.228 e. The highest BCUT2D eigenvalue weighted by Crippen LogP contribution is 2.17. The predicted molar refractivity (Wildman–Crippen MR) is 85.5 cm³/mol. The minimum atomic E-state index is 0.0305. The average molecular weight is 306 g/mol. The van der Waals surface area contributed by atoms with Crippen molar-refractivity contribution >= 4 is 23.3 Å². The van der Waals surface area contributed by atoms with Crippen molar-refractivity contribution in [1.29, 1.82) is 0 Å². The van der Waals surface area contributed by atoms with E-state index in [1.807, 2.05) is 44.3 Å². The Morgan fingerprint density at radius 3 is 2.67 bits per heavy atom. The fourth-order valence-electron chi connectivity index (χ4n) is 2.21. The second kappa shape index (κ2) is 7.27. The van der Waals surface area contributed by atoms with Gasteiger partial charge < -0.3 is 5.32 Å². The molecule has 0 aliphatic rings. The molecule has 1 aromatic carbocycles. The molecule has 1 N–H and O–H groups in total. The first kappa shape index (κ1) is 15.6.